The number of hydrogen-bond donors (Lipinski definition) is 4. The van der Waals surface area contributed by atoms with Crippen LogP contribution in [0, 0.1) is 5.92 Å². The minimum atomic E-state index is -0.754. The van der Waals surface area contributed by atoms with Crippen LogP contribution in [0.2, 0.25) is 0 Å². The van der Waals surface area contributed by atoms with Crippen molar-refractivity contribution in [2.75, 3.05) is 0 Å². The van der Waals surface area contributed by atoms with E-state index in [2.05, 4.69) is 16.0 Å². The predicted octanol–water partition coefficient (Wildman–Crippen LogP) is 3.35. The summed E-state index contributed by atoms with van der Waals surface area (Å²) in [5.41, 5.74) is 8.60. The van der Waals surface area contributed by atoms with Crippen molar-refractivity contribution in [2.45, 2.75) is 83.5 Å². The summed E-state index contributed by atoms with van der Waals surface area (Å²) in [6, 6.07) is 16.0. The fraction of sp³-hybridized carbons (Fsp3) is 0.483. The van der Waals surface area contributed by atoms with Crippen molar-refractivity contribution in [2.24, 2.45) is 11.7 Å². The van der Waals surface area contributed by atoms with Crippen LogP contribution < -0.4 is 21.7 Å². The van der Waals surface area contributed by atoms with E-state index in [-0.39, 0.29) is 17.7 Å². The highest BCUT2D eigenvalue weighted by Crippen LogP contribution is 2.27. The van der Waals surface area contributed by atoms with Crippen LogP contribution >= 0.6 is 0 Å². The van der Waals surface area contributed by atoms with E-state index in [0.29, 0.717) is 38.3 Å². The Balaban J connectivity index is 1.70. The van der Waals surface area contributed by atoms with Crippen molar-refractivity contribution in [1.82, 2.24) is 16.0 Å². The van der Waals surface area contributed by atoms with E-state index >= 15 is 0 Å². The number of nitrogens with two attached hydrogens (primary N) is 1. The molecule has 0 saturated heterocycles. The molecule has 2 unspecified atom stereocenters. The Kier molecular flexibility index (Phi) is 11.0. The Hall–Kier alpha value is -3.19. The Bertz CT molecular complexity index is 972. The second kappa shape index (κ2) is 14.4. The summed E-state index contributed by atoms with van der Waals surface area (Å²) >= 11 is 0. The molecule has 36 heavy (non-hydrogen) atoms. The molecule has 0 heterocycles. The standard InChI is InChI=1S/C29H40N4O3/c1-2-27(34)32-26(18-22-11-7-4-8-12-22)29(36)33-25(17-21-9-5-3-6-10-21)28(35)31-20-24-15-13-23(19-30)14-16-24/h3,5-6,9-10,13-16,22,25-26H,2,4,7-8,11-12,17-20,30H2,1H3,(H,31,35)(H,32,34)(H,33,36). The third kappa shape index (κ3) is 8.79. The zero-order chi connectivity index (χ0) is 25.8. The van der Waals surface area contributed by atoms with Crippen molar-refractivity contribution >= 4 is 17.7 Å². The van der Waals surface area contributed by atoms with Crippen LogP contribution in [0.15, 0.2) is 54.6 Å². The number of amides is 3. The summed E-state index contributed by atoms with van der Waals surface area (Å²) in [4.78, 5) is 38.8. The van der Waals surface area contributed by atoms with Gasteiger partial charge in [0, 0.05) is 25.9 Å². The molecule has 1 aliphatic carbocycles. The Morgan fingerprint density at radius 2 is 1.50 bits per heavy atom. The molecule has 0 aliphatic heterocycles. The van der Waals surface area contributed by atoms with Gasteiger partial charge in [0.2, 0.25) is 17.7 Å². The van der Waals surface area contributed by atoms with E-state index < -0.39 is 12.1 Å². The average Bonchev–Trinajstić information content (AvgIpc) is 2.92. The van der Waals surface area contributed by atoms with E-state index in [9.17, 15) is 14.4 Å². The maximum Gasteiger partial charge on any atom is 0.243 e. The largest absolute Gasteiger partial charge is 0.350 e. The molecule has 0 aromatic heterocycles. The topological polar surface area (TPSA) is 113 Å². The molecule has 2 atom stereocenters. The van der Waals surface area contributed by atoms with Crippen molar-refractivity contribution in [3.05, 3.63) is 71.3 Å². The molecule has 3 rings (SSSR count). The van der Waals surface area contributed by atoms with Gasteiger partial charge in [0.1, 0.15) is 12.1 Å². The van der Waals surface area contributed by atoms with Gasteiger partial charge in [-0.2, -0.15) is 0 Å². The van der Waals surface area contributed by atoms with Crippen molar-refractivity contribution in [1.29, 1.82) is 0 Å². The first-order valence-corrected chi connectivity index (χ1v) is 13.2. The van der Waals surface area contributed by atoms with Gasteiger partial charge in [-0.05, 0) is 29.0 Å². The molecule has 2 aromatic carbocycles. The Morgan fingerprint density at radius 1 is 0.833 bits per heavy atom. The van der Waals surface area contributed by atoms with Gasteiger partial charge in [0.25, 0.3) is 0 Å². The lowest BCUT2D eigenvalue weighted by Crippen LogP contribution is -2.54. The molecule has 2 aromatic rings. The average molecular weight is 493 g/mol. The van der Waals surface area contributed by atoms with E-state index in [1.54, 1.807) is 6.92 Å². The van der Waals surface area contributed by atoms with Gasteiger partial charge in [0.05, 0.1) is 0 Å². The highest BCUT2D eigenvalue weighted by molar-refractivity contribution is 5.92. The zero-order valence-corrected chi connectivity index (χ0v) is 21.3. The van der Waals surface area contributed by atoms with Crippen molar-refractivity contribution < 1.29 is 14.4 Å². The fourth-order valence-corrected chi connectivity index (χ4v) is 4.72. The maximum absolute atomic E-state index is 13.4. The maximum atomic E-state index is 13.4. The molecule has 1 saturated carbocycles. The highest BCUT2D eigenvalue weighted by Gasteiger charge is 2.29. The van der Waals surface area contributed by atoms with Gasteiger partial charge >= 0.3 is 0 Å². The molecule has 3 amide bonds. The molecule has 7 heteroatoms. The third-order valence-corrected chi connectivity index (χ3v) is 6.91. The minimum absolute atomic E-state index is 0.157. The fourth-order valence-electron chi connectivity index (χ4n) is 4.72. The van der Waals surface area contributed by atoms with E-state index in [0.717, 1.165) is 42.4 Å². The van der Waals surface area contributed by atoms with Crippen LogP contribution in [-0.4, -0.2) is 29.8 Å². The molecule has 1 aliphatic rings. The molecule has 5 N–H and O–H groups in total. The van der Waals surface area contributed by atoms with Gasteiger partial charge in [-0.3, -0.25) is 14.4 Å². The monoisotopic (exact) mass is 492 g/mol. The summed E-state index contributed by atoms with van der Waals surface area (Å²) in [6.45, 7) is 2.59. The van der Waals surface area contributed by atoms with Gasteiger partial charge < -0.3 is 21.7 Å². The first-order chi connectivity index (χ1) is 17.5. The number of carbonyl (C=O) groups is 3. The zero-order valence-electron chi connectivity index (χ0n) is 21.3. The van der Waals surface area contributed by atoms with E-state index in [1.807, 2.05) is 54.6 Å². The lowest BCUT2D eigenvalue weighted by atomic mass is 9.84. The molecular formula is C29H40N4O3. The molecule has 194 valence electrons. The van der Waals surface area contributed by atoms with Gasteiger partial charge in [0.15, 0.2) is 0 Å². The number of rotatable bonds is 12. The molecule has 7 nitrogen and oxygen atoms in total. The highest BCUT2D eigenvalue weighted by atomic mass is 16.2. The second-order valence-electron chi connectivity index (χ2n) is 9.70. The summed E-state index contributed by atoms with van der Waals surface area (Å²) < 4.78 is 0. The minimum Gasteiger partial charge on any atom is -0.350 e. The summed E-state index contributed by atoms with van der Waals surface area (Å²) in [5, 5.41) is 8.82. The lowest BCUT2D eigenvalue weighted by Gasteiger charge is -2.28. The van der Waals surface area contributed by atoms with Crippen LogP contribution in [0.5, 0.6) is 0 Å². The van der Waals surface area contributed by atoms with Gasteiger partial charge in [-0.25, -0.2) is 0 Å². The van der Waals surface area contributed by atoms with E-state index in [1.165, 1.54) is 6.42 Å². The predicted molar refractivity (Wildman–Crippen MR) is 142 cm³/mol. The smallest absolute Gasteiger partial charge is 0.243 e. The second-order valence-corrected chi connectivity index (χ2v) is 9.70. The van der Waals surface area contributed by atoms with Crippen LogP contribution in [0.3, 0.4) is 0 Å². The SMILES string of the molecule is CCC(=O)NC(CC1CCCCC1)C(=O)NC(Cc1ccccc1)C(=O)NCc1ccc(CN)cc1. The quantitative estimate of drug-likeness (QED) is 0.364. The lowest BCUT2D eigenvalue weighted by molar-refractivity contribution is -0.132. The van der Waals surface area contributed by atoms with Crippen molar-refractivity contribution in [3.63, 3.8) is 0 Å². The molecule has 0 radical (unpaired) electrons. The number of benzene rings is 2. The molecule has 0 spiro atoms. The number of carbonyl (C=O) groups excluding carboxylic acids is 3. The normalized spacial score (nSPS) is 15.5. The Morgan fingerprint density at radius 3 is 2.14 bits per heavy atom. The number of nitrogens with one attached hydrogen (secondary N) is 3. The van der Waals surface area contributed by atoms with Gasteiger partial charge in [-0.15, -0.1) is 0 Å². The van der Waals surface area contributed by atoms with Crippen LogP contribution in [0.4, 0.5) is 0 Å². The van der Waals surface area contributed by atoms with Crippen LogP contribution in [0.1, 0.15) is 68.6 Å². The van der Waals surface area contributed by atoms with Crippen LogP contribution in [-0.2, 0) is 33.9 Å². The van der Waals surface area contributed by atoms with E-state index in [4.69, 9.17) is 5.73 Å². The third-order valence-electron chi connectivity index (χ3n) is 6.91. The molecule has 0 bridgehead atoms. The molecule has 1 fully saturated rings. The van der Waals surface area contributed by atoms with Crippen molar-refractivity contribution in [3.8, 4) is 0 Å². The summed E-state index contributed by atoms with van der Waals surface area (Å²) in [6.07, 6.45) is 6.96. The van der Waals surface area contributed by atoms with Gasteiger partial charge in [-0.1, -0.05) is 93.6 Å². The first-order valence-electron chi connectivity index (χ1n) is 13.2. The Labute approximate surface area is 214 Å². The van der Waals surface area contributed by atoms with Crippen LogP contribution in [0.25, 0.3) is 0 Å². The molecular weight excluding hydrogens is 452 g/mol. The summed E-state index contributed by atoms with van der Waals surface area (Å²) in [5.74, 6) is -0.306. The summed E-state index contributed by atoms with van der Waals surface area (Å²) in [7, 11) is 0. The first kappa shape index (κ1) is 27.4. The number of hydrogen-bond acceptors (Lipinski definition) is 4.